The zero-order chi connectivity index (χ0) is 11.1. The maximum absolute atomic E-state index is 2.33. The summed E-state index contributed by atoms with van der Waals surface area (Å²) in [6.45, 7) is 7.00. The molecule has 0 N–H and O–H groups in total. The third-order valence-electron chi connectivity index (χ3n) is 2.68. The van der Waals surface area contributed by atoms with Crippen molar-refractivity contribution < 1.29 is 0 Å². The van der Waals surface area contributed by atoms with E-state index in [2.05, 4.69) is 38.3 Å². The van der Waals surface area contributed by atoms with Crippen LogP contribution in [0.1, 0.15) is 57.8 Å². The van der Waals surface area contributed by atoms with Crippen molar-refractivity contribution in [3.8, 4) is 0 Å². The summed E-state index contributed by atoms with van der Waals surface area (Å²) in [4.78, 5) is 1.55. The fourth-order valence-corrected chi connectivity index (χ4v) is 2.51. The monoisotopic (exact) mass is 224 g/mol. The molecule has 0 atom stereocenters. The van der Waals surface area contributed by atoms with Gasteiger partial charge in [-0.05, 0) is 36.1 Å². The standard InChI is InChI=1S/C14H24S/c1-14(2,3)11-7-5-4-6-9-13-10-8-12-15-13/h8,10,12H,4-7,9,11H2,1-3H3. The van der Waals surface area contributed by atoms with Crippen LogP contribution in [0, 0.1) is 5.41 Å². The summed E-state index contributed by atoms with van der Waals surface area (Å²) in [7, 11) is 0. The number of rotatable bonds is 6. The Kier molecular flexibility index (Phi) is 5.38. The van der Waals surface area contributed by atoms with Crippen LogP contribution in [-0.2, 0) is 6.42 Å². The van der Waals surface area contributed by atoms with Crippen molar-refractivity contribution in [1.82, 2.24) is 0 Å². The molecule has 0 amide bonds. The minimum atomic E-state index is 0.522. The topological polar surface area (TPSA) is 0 Å². The third kappa shape index (κ3) is 6.72. The average molecular weight is 224 g/mol. The molecule has 1 heteroatoms. The van der Waals surface area contributed by atoms with E-state index in [1.165, 1.54) is 38.5 Å². The lowest BCUT2D eigenvalue weighted by molar-refractivity contribution is 0.357. The van der Waals surface area contributed by atoms with Crippen molar-refractivity contribution in [3.05, 3.63) is 22.4 Å². The molecule has 0 saturated heterocycles. The lowest BCUT2D eigenvalue weighted by atomic mass is 9.89. The number of unbranched alkanes of at least 4 members (excludes halogenated alkanes) is 3. The smallest absolute Gasteiger partial charge is 0.00452 e. The van der Waals surface area contributed by atoms with Gasteiger partial charge < -0.3 is 0 Å². The van der Waals surface area contributed by atoms with Gasteiger partial charge in [-0.1, -0.05) is 46.1 Å². The second-order valence-corrected chi connectivity index (χ2v) is 6.59. The first kappa shape index (κ1) is 12.8. The van der Waals surface area contributed by atoms with E-state index >= 15 is 0 Å². The zero-order valence-electron chi connectivity index (χ0n) is 10.4. The van der Waals surface area contributed by atoms with Crippen molar-refractivity contribution in [1.29, 1.82) is 0 Å². The van der Waals surface area contributed by atoms with E-state index in [4.69, 9.17) is 0 Å². The Morgan fingerprint density at radius 3 is 2.40 bits per heavy atom. The summed E-state index contributed by atoms with van der Waals surface area (Å²) in [5.74, 6) is 0. The molecule has 0 aliphatic rings. The molecule has 0 aromatic carbocycles. The maximum Gasteiger partial charge on any atom is 0.00452 e. The summed E-state index contributed by atoms with van der Waals surface area (Å²) < 4.78 is 0. The van der Waals surface area contributed by atoms with Gasteiger partial charge in [0, 0.05) is 4.88 Å². The predicted molar refractivity (Wildman–Crippen MR) is 70.6 cm³/mol. The largest absolute Gasteiger partial charge is 0.149 e. The van der Waals surface area contributed by atoms with Gasteiger partial charge in [-0.15, -0.1) is 11.3 Å². The fourth-order valence-electron chi connectivity index (χ4n) is 1.76. The van der Waals surface area contributed by atoms with Crippen LogP contribution in [0.25, 0.3) is 0 Å². The highest BCUT2D eigenvalue weighted by atomic mass is 32.1. The van der Waals surface area contributed by atoms with Gasteiger partial charge in [0.15, 0.2) is 0 Å². The van der Waals surface area contributed by atoms with Crippen molar-refractivity contribution in [2.75, 3.05) is 0 Å². The van der Waals surface area contributed by atoms with Crippen LogP contribution in [0.2, 0.25) is 0 Å². The Labute approximate surface area is 98.7 Å². The Hall–Kier alpha value is -0.300. The molecule has 0 aliphatic carbocycles. The van der Waals surface area contributed by atoms with Gasteiger partial charge >= 0.3 is 0 Å². The molecule has 0 saturated carbocycles. The number of thiophene rings is 1. The van der Waals surface area contributed by atoms with Gasteiger partial charge in [0.05, 0.1) is 0 Å². The maximum atomic E-state index is 2.33. The molecule has 86 valence electrons. The summed E-state index contributed by atoms with van der Waals surface area (Å²) >= 11 is 1.89. The van der Waals surface area contributed by atoms with Crippen molar-refractivity contribution in [2.45, 2.75) is 59.3 Å². The highest BCUT2D eigenvalue weighted by Crippen LogP contribution is 2.22. The van der Waals surface area contributed by atoms with Crippen LogP contribution in [0.5, 0.6) is 0 Å². The second-order valence-electron chi connectivity index (χ2n) is 5.55. The number of hydrogen-bond donors (Lipinski definition) is 0. The van der Waals surface area contributed by atoms with E-state index in [9.17, 15) is 0 Å². The highest BCUT2D eigenvalue weighted by Gasteiger charge is 2.08. The van der Waals surface area contributed by atoms with Crippen LogP contribution in [0.15, 0.2) is 17.5 Å². The molecule has 1 aromatic rings. The molecule has 0 aliphatic heterocycles. The van der Waals surface area contributed by atoms with Crippen molar-refractivity contribution >= 4 is 11.3 Å². The Morgan fingerprint density at radius 2 is 1.80 bits per heavy atom. The normalized spacial score (nSPS) is 11.9. The van der Waals surface area contributed by atoms with E-state index in [0.717, 1.165) is 0 Å². The van der Waals surface area contributed by atoms with Crippen LogP contribution >= 0.6 is 11.3 Å². The van der Waals surface area contributed by atoms with E-state index in [-0.39, 0.29) is 0 Å². The lowest BCUT2D eigenvalue weighted by Crippen LogP contribution is -2.03. The lowest BCUT2D eigenvalue weighted by Gasteiger charge is -2.17. The van der Waals surface area contributed by atoms with E-state index in [1.807, 2.05) is 11.3 Å². The summed E-state index contributed by atoms with van der Waals surface area (Å²) in [5, 5.41) is 2.18. The summed E-state index contributed by atoms with van der Waals surface area (Å²) in [6, 6.07) is 4.40. The van der Waals surface area contributed by atoms with Crippen molar-refractivity contribution in [3.63, 3.8) is 0 Å². The molecule has 0 nitrogen and oxygen atoms in total. The SMILES string of the molecule is CC(C)(C)CCCCCCc1cccs1. The van der Waals surface area contributed by atoms with Crippen LogP contribution in [0.3, 0.4) is 0 Å². The molecule has 1 aromatic heterocycles. The minimum Gasteiger partial charge on any atom is -0.149 e. The molecule has 0 spiro atoms. The molecule has 1 rings (SSSR count). The zero-order valence-corrected chi connectivity index (χ0v) is 11.2. The van der Waals surface area contributed by atoms with Gasteiger partial charge in [0.2, 0.25) is 0 Å². The average Bonchev–Trinajstić information content (AvgIpc) is 2.61. The first-order chi connectivity index (χ1) is 7.08. The highest BCUT2D eigenvalue weighted by molar-refractivity contribution is 7.09. The first-order valence-electron chi connectivity index (χ1n) is 6.10. The molecule has 15 heavy (non-hydrogen) atoms. The van der Waals surface area contributed by atoms with Gasteiger partial charge in [-0.3, -0.25) is 0 Å². The summed E-state index contributed by atoms with van der Waals surface area (Å²) in [6.07, 6.45) is 8.22. The quantitative estimate of drug-likeness (QED) is 0.576. The first-order valence-corrected chi connectivity index (χ1v) is 6.98. The van der Waals surface area contributed by atoms with E-state index in [0.29, 0.717) is 5.41 Å². The second kappa shape index (κ2) is 6.32. The van der Waals surface area contributed by atoms with Crippen LogP contribution in [-0.4, -0.2) is 0 Å². The van der Waals surface area contributed by atoms with Crippen LogP contribution in [0.4, 0.5) is 0 Å². The van der Waals surface area contributed by atoms with Crippen molar-refractivity contribution in [2.24, 2.45) is 5.41 Å². The fraction of sp³-hybridized carbons (Fsp3) is 0.714. The van der Waals surface area contributed by atoms with Gasteiger partial charge in [0.1, 0.15) is 0 Å². The van der Waals surface area contributed by atoms with Crippen LogP contribution < -0.4 is 0 Å². The third-order valence-corrected chi connectivity index (χ3v) is 3.62. The Morgan fingerprint density at radius 1 is 1.07 bits per heavy atom. The Bertz CT molecular complexity index is 241. The number of aryl methyl sites for hydroxylation is 1. The summed E-state index contributed by atoms with van der Waals surface area (Å²) in [5.41, 5.74) is 0.522. The molecule has 0 unspecified atom stereocenters. The minimum absolute atomic E-state index is 0.522. The molecular formula is C14H24S. The predicted octanol–water partition coefficient (Wildman–Crippen LogP) is 5.29. The van der Waals surface area contributed by atoms with E-state index in [1.54, 1.807) is 4.88 Å². The molecule has 0 radical (unpaired) electrons. The Balaban J connectivity index is 1.94. The molecule has 0 fully saturated rings. The molecular weight excluding hydrogens is 200 g/mol. The van der Waals surface area contributed by atoms with E-state index < -0.39 is 0 Å². The molecule has 1 heterocycles. The van der Waals surface area contributed by atoms with Gasteiger partial charge in [-0.2, -0.15) is 0 Å². The van der Waals surface area contributed by atoms with Gasteiger partial charge in [-0.25, -0.2) is 0 Å². The number of hydrogen-bond acceptors (Lipinski definition) is 1. The molecule has 0 bridgehead atoms. The van der Waals surface area contributed by atoms with Gasteiger partial charge in [0.25, 0.3) is 0 Å².